The smallest absolute Gasteiger partial charge is 0.241 e. The molecule has 0 atom stereocenters. The molecule has 3 aromatic rings. The van der Waals surface area contributed by atoms with Crippen molar-refractivity contribution in [2.75, 3.05) is 7.11 Å². The normalized spacial score (nSPS) is 11.6. The molecule has 8 heteroatoms. The van der Waals surface area contributed by atoms with Crippen LogP contribution in [0.4, 0.5) is 0 Å². The van der Waals surface area contributed by atoms with Crippen LogP contribution in [0.5, 0.6) is 5.75 Å². The quantitative estimate of drug-likeness (QED) is 0.710. The molecule has 1 aromatic carbocycles. The molecule has 132 valence electrons. The van der Waals surface area contributed by atoms with E-state index in [4.69, 9.17) is 9.26 Å². The summed E-state index contributed by atoms with van der Waals surface area (Å²) in [4.78, 5) is 1.67. The topological polar surface area (TPSA) is 81.4 Å². The van der Waals surface area contributed by atoms with Crippen molar-refractivity contribution in [1.82, 2.24) is 9.88 Å². The molecule has 0 amide bonds. The van der Waals surface area contributed by atoms with Gasteiger partial charge in [-0.1, -0.05) is 23.4 Å². The molecule has 0 bridgehead atoms. The van der Waals surface area contributed by atoms with Gasteiger partial charge >= 0.3 is 0 Å². The molecule has 2 heterocycles. The Labute approximate surface area is 150 Å². The summed E-state index contributed by atoms with van der Waals surface area (Å²) in [7, 11) is -2.09. The number of methoxy groups -OCH3 is 1. The first-order chi connectivity index (χ1) is 11.9. The Morgan fingerprint density at radius 1 is 1.24 bits per heavy atom. The van der Waals surface area contributed by atoms with Gasteiger partial charge < -0.3 is 9.26 Å². The lowest BCUT2D eigenvalue weighted by molar-refractivity contribution is 0.409. The summed E-state index contributed by atoms with van der Waals surface area (Å²) in [5, 5.41) is 3.84. The van der Waals surface area contributed by atoms with Gasteiger partial charge in [0, 0.05) is 23.1 Å². The van der Waals surface area contributed by atoms with Crippen LogP contribution in [0.3, 0.4) is 0 Å². The van der Waals surface area contributed by atoms with E-state index in [1.54, 1.807) is 32.2 Å². The largest absolute Gasteiger partial charge is 0.496 e. The molecule has 1 N–H and O–H groups in total. The highest BCUT2D eigenvalue weighted by molar-refractivity contribution is 7.89. The van der Waals surface area contributed by atoms with Crippen molar-refractivity contribution in [3.05, 3.63) is 52.5 Å². The maximum atomic E-state index is 12.7. The Kier molecular flexibility index (Phi) is 4.94. The van der Waals surface area contributed by atoms with E-state index in [1.165, 1.54) is 11.3 Å². The zero-order valence-corrected chi connectivity index (χ0v) is 15.7. The first kappa shape index (κ1) is 17.7. The van der Waals surface area contributed by atoms with Crippen molar-refractivity contribution in [3.8, 4) is 16.4 Å². The minimum absolute atomic E-state index is 0.151. The van der Waals surface area contributed by atoms with Gasteiger partial charge in [-0.05, 0) is 26.0 Å². The van der Waals surface area contributed by atoms with Crippen LogP contribution in [0.1, 0.15) is 16.1 Å². The second-order valence-corrected chi connectivity index (χ2v) is 8.49. The molecule has 0 saturated carbocycles. The van der Waals surface area contributed by atoms with Crippen LogP contribution in [0, 0.1) is 13.8 Å². The third-order valence-electron chi connectivity index (χ3n) is 3.68. The standard InChI is InChI=1S/C17H18N2O4S2/c1-11-8-15(23-19-11)16-9-17(12(2)24-16)25(20,21)18-10-13-6-4-5-7-14(13)22-3/h4-9,18H,10H2,1-3H3. The van der Waals surface area contributed by atoms with Gasteiger partial charge in [0.05, 0.1) is 22.6 Å². The summed E-state index contributed by atoms with van der Waals surface area (Å²) < 4.78 is 38.5. The SMILES string of the molecule is COc1ccccc1CNS(=O)(=O)c1cc(-c2cc(C)no2)sc1C. The van der Waals surface area contributed by atoms with E-state index in [0.29, 0.717) is 16.4 Å². The van der Waals surface area contributed by atoms with Gasteiger partial charge in [-0.2, -0.15) is 0 Å². The van der Waals surface area contributed by atoms with Gasteiger partial charge in [0.25, 0.3) is 0 Å². The number of aryl methyl sites for hydroxylation is 2. The summed E-state index contributed by atoms with van der Waals surface area (Å²) in [6, 6.07) is 10.7. The van der Waals surface area contributed by atoms with E-state index in [1.807, 2.05) is 25.1 Å². The first-order valence-corrected chi connectivity index (χ1v) is 9.86. The molecule has 0 aliphatic carbocycles. The van der Waals surface area contributed by atoms with Gasteiger partial charge in [-0.15, -0.1) is 11.3 Å². The monoisotopic (exact) mass is 378 g/mol. The van der Waals surface area contributed by atoms with Crippen molar-refractivity contribution in [1.29, 1.82) is 0 Å². The highest BCUT2D eigenvalue weighted by Crippen LogP contribution is 2.34. The Morgan fingerprint density at radius 3 is 2.68 bits per heavy atom. The van der Waals surface area contributed by atoms with Crippen molar-refractivity contribution < 1.29 is 17.7 Å². The van der Waals surface area contributed by atoms with Crippen molar-refractivity contribution in [2.45, 2.75) is 25.3 Å². The van der Waals surface area contributed by atoms with E-state index < -0.39 is 10.0 Å². The first-order valence-electron chi connectivity index (χ1n) is 7.56. The number of rotatable bonds is 6. The summed E-state index contributed by atoms with van der Waals surface area (Å²) in [5.41, 5.74) is 1.52. The molecule has 0 spiro atoms. The number of hydrogen-bond donors (Lipinski definition) is 1. The van der Waals surface area contributed by atoms with Crippen LogP contribution in [0.2, 0.25) is 0 Å². The van der Waals surface area contributed by atoms with E-state index in [2.05, 4.69) is 9.88 Å². The van der Waals surface area contributed by atoms with Gasteiger partial charge in [-0.25, -0.2) is 13.1 Å². The van der Waals surface area contributed by atoms with Crippen LogP contribution in [-0.4, -0.2) is 20.7 Å². The van der Waals surface area contributed by atoms with E-state index in [0.717, 1.165) is 16.1 Å². The molecule has 6 nitrogen and oxygen atoms in total. The van der Waals surface area contributed by atoms with Gasteiger partial charge in [0.2, 0.25) is 10.0 Å². The van der Waals surface area contributed by atoms with Crippen molar-refractivity contribution in [3.63, 3.8) is 0 Å². The number of para-hydroxylation sites is 1. The zero-order valence-electron chi connectivity index (χ0n) is 14.1. The van der Waals surface area contributed by atoms with Crippen molar-refractivity contribution in [2.24, 2.45) is 0 Å². The molecule has 0 aliphatic heterocycles. The predicted octanol–water partition coefficient (Wildman–Crippen LogP) is 3.51. The maximum absolute atomic E-state index is 12.7. The molecular formula is C17H18N2O4S2. The fraction of sp³-hybridized carbons (Fsp3) is 0.235. The minimum atomic E-state index is -3.65. The van der Waals surface area contributed by atoms with Crippen molar-refractivity contribution >= 4 is 21.4 Å². The number of sulfonamides is 1. The number of ether oxygens (including phenoxy) is 1. The highest BCUT2D eigenvalue weighted by atomic mass is 32.2. The molecule has 3 rings (SSSR count). The molecular weight excluding hydrogens is 360 g/mol. The Hall–Kier alpha value is -2.16. The minimum Gasteiger partial charge on any atom is -0.496 e. The second-order valence-electron chi connectivity index (χ2n) is 5.50. The van der Waals surface area contributed by atoms with Gasteiger partial charge in [0.1, 0.15) is 5.75 Å². The Balaban J connectivity index is 1.84. The number of benzene rings is 1. The van der Waals surface area contributed by atoms with E-state index in [-0.39, 0.29) is 11.4 Å². The lowest BCUT2D eigenvalue weighted by Gasteiger charge is -2.09. The molecule has 0 unspecified atom stereocenters. The summed E-state index contributed by atoms with van der Waals surface area (Å²) >= 11 is 1.36. The molecule has 0 aliphatic rings. The molecule has 2 aromatic heterocycles. The third-order valence-corrected chi connectivity index (χ3v) is 6.40. The highest BCUT2D eigenvalue weighted by Gasteiger charge is 2.22. The van der Waals surface area contributed by atoms with Crippen LogP contribution < -0.4 is 9.46 Å². The number of nitrogens with one attached hydrogen (secondary N) is 1. The van der Waals surface area contributed by atoms with Crippen LogP contribution in [0.25, 0.3) is 10.6 Å². The number of thiophene rings is 1. The molecule has 0 fully saturated rings. The summed E-state index contributed by atoms with van der Waals surface area (Å²) in [6.07, 6.45) is 0. The summed E-state index contributed by atoms with van der Waals surface area (Å²) in [5.74, 6) is 1.21. The van der Waals surface area contributed by atoms with E-state index >= 15 is 0 Å². The third kappa shape index (κ3) is 3.76. The average Bonchev–Trinajstić information content (AvgIpc) is 3.19. The lowest BCUT2D eigenvalue weighted by atomic mass is 10.2. The average molecular weight is 378 g/mol. The molecule has 0 radical (unpaired) electrons. The predicted molar refractivity (Wildman–Crippen MR) is 96.3 cm³/mol. The van der Waals surface area contributed by atoms with Gasteiger partial charge in [-0.3, -0.25) is 0 Å². The van der Waals surface area contributed by atoms with E-state index in [9.17, 15) is 8.42 Å². The Bertz CT molecular complexity index is 990. The van der Waals surface area contributed by atoms with Crippen LogP contribution in [-0.2, 0) is 16.6 Å². The molecule has 0 saturated heterocycles. The number of aromatic nitrogens is 1. The number of hydrogen-bond acceptors (Lipinski definition) is 6. The fourth-order valence-corrected chi connectivity index (χ4v) is 4.98. The summed E-state index contributed by atoms with van der Waals surface area (Å²) in [6.45, 7) is 3.74. The van der Waals surface area contributed by atoms with Crippen LogP contribution >= 0.6 is 11.3 Å². The van der Waals surface area contributed by atoms with Gasteiger partial charge in [0.15, 0.2) is 5.76 Å². The second kappa shape index (κ2) is 6.99. The zero-order chi connectivity index (χ0) is 18.0. The lowest BCUT2D eigenvalue weighted by Crippen LogP contribution is -2.23. The molecule has 25 heavy (non-hydrogen) atoms. The Morgan fingerprint density at radius 2 is 2.00 bits per heavy atom. The maximum Gasteiger partial charge on any atom is 0.241 e. The number of nitrogens with zero attached hydrogens (tertiary/aromatic N) is 1. The fourth-order valence-electron chi connectivity index (χ4n) is 2.43. The van der Waals surface area contributed by atoms with Crippen LogP contribution in [0.15, 0.2) is 45.8 Å².